The van der Waals surface area contributed by atoms with Crippen LogP contribution < -0.4 is 15.8 Å². The number of aromatic amines is 1. The van der Waals surface area contributed by atoms with Gasteiger partial charge in [-0.05, 0) is 13.8 Å². The van der Waals surface area contributed by atoms with Gasteiger partial charge in [0.2, 0.25) is 11.8 Å². The number of anilines is 3. The zero-order chi connectivity index (χ0) is 18.7. The van der Waals surface area contributed by atoms with Gasteiger partial charge in [0.1, 0.15) is 17.5 Å². The summed E-state index contributed by atoms with van der Waals surface area (Å²) in [6.07, 6.45) is 3.83. The van der Waals surface area contributed by atoms with Gasteiger partial charge >= 0.3 is 0 Å². The van der Waals surface area contributed by atoms with Gasteiger partial charge in [-0.1, -0.05) is 6.92 Å². The molecule has 3 rings (SSSR count). The van der Waals surface area contributed by atoms with Gasteiger partial charge in [0.15, 0.2) is 5.82 Å². The van der Waals surface area contributed by atoms with E-state index in [4.69, 9.17) is 10.5 Å². The smallest absolute Gasteiger partial charge is 0.234 e. The minimum Gasteiger partial charge on any atom is -0.474 e. The molecule has 3 aromatic heterocycles. The maximum absolute atomic E-state index is 13.1. The Balaban J connectivity index is 1.88. The van der Waals surface area contributed by atoms with Gasteiger partial charge in [-0.2, -0.15) is 4.98 Å². The number of nitrogen functional groups attached to an aromatic ring is 1. The average Bonchev–Trinajstić information content (AvgIpc) is 3.01. The van der Waals surface area contributed by atoms with E-state index >= 15 is 0 Å². The zero-order valence-electron chi connectivity index (χ0n) is 14.6. The Labute approximate surface area is 149 Å². The van der Waals surface area contributed by atoms with E-state index in [1.54, 1.807) is 12.3 Å². The second kappa shape index (κ2) is 7.30. The number of nitrogens with two attached hydrogens (primary N) is 1. The molecule has 0 fully saturated rings. The molecule has 10 heteroatoms. The molecule has 0 saturated heterocycles. The molecule has 0 aromatic carbocycles. The number of ether oxygens (including phenoxy) is 1. The van der Waals surface area contributed by atoms with Crippen LogP contribution in [0.1, 0.15) is 38.1 Å². The predicted octanol–water partition coefficient (Wildman–Crippen LogP) is 2.39. The molecule has 3 heterocycles. The summed E-state index contributed by atoms with van der Waals surface area (Å²) in [5.74, 6) is 1.28. The van der Waals surface area contributed by atoms with Crippen LogP contribution in [-0.2, 0) is 0 Å². The monoisotopic (exact) mass is 358 g/mol. The highest BCUT2D eigenvalue weighted by Gasteiger charge is 2.19. The summed E-state index contributed by atoms with van der Waals surface area (Å²) in [6, 6.07) is 1.71. The molecule has 3 aromatic rings. The van der Waals surface area contributed by atoms with Gasteiger partial charge in [-0.3, -0.25) is 5.10 Å². The molecule has 0 saturated carbocycles. The first kappa shape index (κ1) is 17.5. The van der Waals surface area contributed by atoms with Crippen molar-refractivity contribution in [3.63, 3.8) is 0 Å². The number of H-pyrrole nitrogens is 1. The zero-order valence-corrected chi connectivity index (χ0v) is 14.6. The van der Waals surface area contributed by atoms with Crippen molar-refractivity contribution in [1.82, 2.24) is 30.1 Å². The van der Waals surface area contributed by atoms with Crippen LogP contribution in [0.5, 0.6) is 5.88 Å². The lowest BCUT2D eigenvalue weighted by Gasteiger charge is -2.15. The first-order valence-corrected chi connectivity index (χ1v) is 8.01. The molecular weight excluding hydrogens is 339 g/mol. The third kappa shape index (κ3) is 4.02. The Morgan fingerprint density at radius 2 is 1.88 bits per heavy atom. The van der Waals surface area contributed by atoms with Crippen LogP contribution in [0.15, 0.2) is 24.7 Å². The summed E-state index contributed by atoms with van der Waals surface area (Å²) < 4.78 is 18.6. The normalized spacial score (nSPS) is 12.2. The maximum atomic E-state index is 13.1. The molecule has 0 radical (unpaired) electrons. The number of aromatic nitrogens is 6. The van der Waals surface area contributed by atoms with Crippen LogP contribution in [0.3, 0.4) is 0 Å². The Bertz CT molecular complexity index is 880. The molecule has 9 nitrogen and oxygen atoms in total. The molecule has 0 aliphatic heterocycles. The molecule has 26 heavy (non-hydrogen) atoms. The Hall–Kier alpha value is -3.30. The van der Waals surface area contributed by atoms with Crippen molar-refractivity contribution in [3.8, 4) is 5.88 Å². The lowest BCUT2D eigenvalue weighted by Crippen LogP contribution is -2.09. The molecule has 136 valence electrons. The van der Waals surface area contributed by atoms with Crippen molar-refractivity contribution in [1.29, 1.82) is 0 Å². The van der Waals surface area contributed by atoms with Crippen molar-refractivity contribution in [2.24, 2.45) is 0 Å². The van der Waals surface area contributed by atoms with Crippen molar-refractivity contribution in [3.05, 3.63) is 41.9 Å². The third-order valence-electron chi connectivity index (χ3n) is 3.49. The van der Waals surface area contributed by atoms with E-state index in [9.17, 15) is 4.39 Å². The minimum absolute atomic E-state index is 0.00653. The molecule has 0 aliphatic rings. The molecule has 1 atom stereocenters. The van der Waals surface area contributed by atoms with Crippen LogP contribution >= 0.6 is 0 Å². The van der Waals surface area contributed by atoms with E-state index in [1.165, 1.54) is 0 Å². The van der Waals surface area contributed by atoms with Crippen molar-refractivity contribution in [2.75, 3.05) is 11.1 Å². The fraction of sp³-hybridized carbons (Fsp3) is 0.312. The summed E-state index contributed by atoms with van der Waals surface area (Å²) in [7, 11) is 0. The predicted molar refractivity (Wildman–Crippen MR) is 93.6 cm³/mol. The van der Waals surface area contributed by atoms with E-state index in [2.05, 4.69) is 35.5 Å². The van der Waals surface area contributed by atoms with Gasteiger partial charge in [0, 0.05) is 23.7 Å². The molecule has 0 aliphatic carbocycles. The van der Waals surface area contributed by atoms with E-state index < -0.39 is 5.82 Å². The van der Waals surface area contributed by atoms with E-state index in [-0.39, 0.29) is 18.0 Å². The number of nitrogens with one attached hydrogen (secondary N) is 2. The van der Waals surface area contributed by atoms with Crippen LogP contribution in [0.25, 0.3) is 0 Å². The van der Waals surface area contributed by atoms with E-state index in [0.717, 1.165) is 12.4 Å². The van der Waals surface area contributed by atoms with Crippen molar-refractivity contribution < 1.29 is 9.13 Å². The number of hydrogen-bond acceptors (Lipinski definition) is 8. The van der Waals surface area contributed by atoms with E-state index in [0.29, 0.717) is 28.9 Å². The SMILES string of the molecule is CC(C)Oc1cc(Nc2nc(N)ncc2[C@@H](C)c2ncc(F)cn2)[nH]n1. The molecule has 0 spiro atoms. The summed E-state index contributed by atoms with van der Waals surface area (Å²) >= 11 is 0. The lowest BCUT2D eigenvalue weighted by molar-refractivity contribution is 0.232. The number of hydrogen-bond donors (Lipinski definition) is 3. The van der Waals surface area contributed by atoms with Gasteiger partial charge in [0.25, 0.3) is 0 Å². The summed E-state index contributed by atoms with van der Waals surface area (Å²) in [5, 5.41) is 10.0. The average molecular weight is 358 g/mol. The summed E-state index contributed by atoms with van der Waals surface area (Å²) in [6.45, 7) is 5.69. The van der Waals surface area contributed by atoms with Crippen LogP contribution in [-0.4, -0.2) is 36.2 Å². The largest absolute Gasteiger partial charge is 0.474 e. The lowest BCUT2D eigenvalue weighted by atomic mass is 10.0. The first-order chi connectivity index (χ1) is 12.4. The molecule has 0 unspecified atom stereocenters. The van der Waals surface area contributed by atoms with Gasteiger partial charge in [0.05, 0.1) is 18.5 Å². The van der Waals surface area contributed by atoms with Crippen LogP contribution in [0.2, 0.25) is 0 Å². The highest BCUT2D eigenvalue weighted by Crippen LogP contribution is 2.29. The first-order valence-electron chi connectivity index (χ1n) is 8.01. The Morgan fingerprint density at radius 3 is 2.58 bits per heavy atom. The number of nitrogens with zero attached hydrogens (tertiary/aromatic N) is 5. The van der Waals surface area contributed by atoms with Gasteiger partial charge in [-0.25, -0.2) is 19.3 Å². The molecule has 4 N–H and O–H groups in total. The molecule has 0 amide bonds. The quantitative estimate of drug-likeness (QED) is 0.613. The molecular formula is C16H19FN8O. The van der Waals surface area contributed by atoms with Gasteiger partial charge < -0.3 is 15.8 Å². The van der Waals surface area contributed by atoms with Crippen LogP contribution in [0, 0.1) is 5.82 Å². The molecule has 0 bridgehead atoms. The third-order valence-corrected chi connectivity index (χ3v) is 3.49. The maximum Gasteiger partial charge on any atom is 0.234 e. The second-order valence-corrected chi connectivity index (χ2v) is 5.92. The second-order valence-electron chi connectivity index (χ2n) is 5.92. The number of halogens is 1. The highest BCUT2D eigenvalue weighted by atomic mass is 19.1. The summed E-state index contributed by atoms with van der Waals surface area (Å²) in [5.41, 5.74) is 6.42. The topological polar surface area (TPSA) is 128 Å². The standard InChI is InChI=1S/C16H19FN8O/c1-8(2)26-13-4-12(24-25-13)22-15-11(7-21-16(18)23-15)9(3)14-19-5-10(17)6-20-14/h4-9H,1-3H3,(H4,18,21,22,23,24,25)/t9-/m1/s1. The Morgan fingerprint density at radius 1 is 1.15 bits per heavy atom. The Kier molecular flexibility index (Phi) is 4.92. The fourth-order valence-electron chi connectivity index (χ4n) is 2.30. The summed E-state index contributed by atoms with van der Waals surface area (Å²) in [4.78, 5) is 16.3. The fourth-order valence-corrected chi connectivity index (χ4v) is 2.30. The highest BCUT2D eigenvalue weighted by molar-refractivity contribution is 5.59. The number of rotatable bonds is 6. The van der Waals surface area contributed by atoms with Gasteiger partial charge in [-0.15, -0.1) is 5.10 Å². The van der Waals surface area contributed by atoms with Crippen molar-refractivity contribution >= 4 is 17.6 Å². The van der Waals surface area contributed by atoms with E-state index in [1.807, 2.05) is 20.8 Å². The van der Waals surface area contributed by atoms with Crippen molar-refractivity contribution in [2.45, 2.75) is 32.8 Å². The van der Waals surface area contributed by atoms with Crippen LogP contribution in [0.4, 0.5) is 22.0 Å². The minimum atomic E-state index is -0.497.